The molecule has 0 bridgehead atoms. The number of benzene rings is 1. The molecule has 1 atom stereocenters. The van der Waals surface area contributed by atoms with Gasteiger partial charge in [-0.2, -0.15) is 10.2 Å². The van der Waals surface area contributed by atoms with Crippen molar-refractivity contribution >= 4 is 27.6 Å². The molecule has 4 heterocycles. The number of aromatic nitrogens is 5. The van der Waals surface area contributed by atoms with Crippen LogP contribution in [-0.2, 0) is 4.74 Å². The van der Waals surface area contributed by atoms with Crippen LogP contribution in [0.5, 0.6) is 0 Å². The van der Waals surface area contributed by atoms with Crippen LogP contribution in [0.4, 0.5) is 5.82 Å². The molecule has 4 aromatic rings. The summed E-state index contributed by atoms with van der Waals surface area (Å²) in [6.07, 6.45) is 6.86. The Morgan fingerprint density at radius 2 is 2.04 bits per heavy atom. The Bertz CT molecular complexity index is 1060. The van der Waals surface area contributed by atoms with Gasteiger partial charge in [0.2, 0.25) is 0 Å². The quantitative estimate of drug-likeness (QED) is 0.609. The lowest BCUT2D eigenvalue weighted by Gasteiger charge is -2.24. The van der Waals surface area contributed by atoms with E-state index >= 15 is 0 Å². The predicted molar refractivity (Wildman–Crippen MR) is 95.4 cm³/mol. The van der Waals surface area contributed by atoms with Gasteiger partial charge in [0.05, 0.1) is 17.1 Å². The van der Waals surface area contributed by atoms with Crippen molar-refractivity contribution in [3.8, 4) is 5.82 Å². The van der Waals surface area contributed by atoms with Gasteiger partial charge in [0, 0.05) is 24.3 Å². The highest BCUT2D eigenvalue weighted by Gasteiger charge is 2.21. The molecule has 0 saturated carbocycles. The minimum Gasteiger partial charge on any atom is -0.383 e. The Hall–Kier alpha value is -2.93. The molecule has 7 heteroatoms. The summed E-state index contributed by atoms with van der Waals surface area (Å²) in [4.78, 5) is 4.49. The second-order valence-electron chi connectivity index (χ2n) is 6.31. The summed E-state index contributed by atoms with van der Waals surface area (Å²) in [7, 11) is 0. The van der Waals surface area contributed by atoms with Crippen molar-refractivity contribution in [2.75, 3.05) is 12.3 Å². The third kappa shape index (κ3) is 2.27. The third-order valence-electron chi connectivity index (χ3n) is 4.70. The van der Waals surface area contributed by atoms with Crippen LogP contribution >= 0.6 is 0 Å². The summed E-state index contributed by atoms with van der Waals surface area (Å²) >= 11 is 0. The van der Waals surface area contributed by atoms with Crippen LogP contribution < -0.4 is 5.73 Å². The number of ether oxygens (including phenoxy) is 1. The lowest BCUT2D eigenvalue weighted by Crippen LogP contribution is -2.21. The first-order chi connectivity index (χ1) is 12.3. The molecule has 5 rings (SSSR count). The van der Waals surface area contributed by atoms with Crippen LogP contribution in [0.25, 0.3) is 27.6 Å². The largest absolute Gasteiger partial charge is 0.383 e. The van der Waals surface area contributed by atoms with Crippen LogP contribution in [0.3, 0.4) is 0 Å². The molecule has 1 unspecified atom stereocenters. The van der Waals surface area contributed by atoms with Crippen LogP contribution in [0.2, 0.25) is 0 Å². The minimum atomic E-state index is -0.0433. The van der Waals surface area contributed by atoms with Crippen molar-refractivity contribution in [3.63, 3.8) is 0 Å². The molecule has 0 amide bonds. The monoisotopic (exact) mass is 334 g/mol. The van der Waals surface area contributed by atoms with Crippen molar-refractivity contribution in [2.24, 2.45) is 0 Å². The molecular formula is C18H18N6O. The predicted octanol–water partition coefficient (Wildman–Crippen LogP) is 3.05. The number of nitrogen functional groups attached to an aromatic ring is 1. The van der Waals surface area contributed by atoms with E-state index in [0.29, 0.717) is 5.82 Å². The Morgan fingerprint density at radius 1 is 1.12 bits per heavy atom. The van der Waals surface area contributed by atoms with Crippen molar-refractivity contribution in [3.05, 3.63) is 42.7 Å². The average molecular weight is 334 g/mol. The molecule has 25 heavy (non-hydrogen) atoms. The van der Waals surface area contributed by atoms with Gasteiger partial charge in [0.25, 0.3) is 0 Å². The Balaban J connectivity index is 1.68. The molecule has 2 N–H and O–H groups in total. The van der Waals surface area contributed by atoms with Gasteiger partial charge in [0.15, 0.2) is 12.0 Å². The fraction of sp³-hybridized carbons (Fsp3) is 0.278. The zero-order valence-electron chi connectivity index (χ0n) is 13.7. The third-order valence-corrected chi connectivity index (χ3v) is 4.70. The smallest absolute Gasteiger partial charge is 0.154 e. The highest BCUT2D eigenvalue weighted by atomic mass is 16.5. The number of pyridine rings is 1. The fourth-order valence-electron chi connectivity index (χ4n) is 3.47. The van der Waals surface area contributed by atoms with E-state index in [4.69, 9.17) is 15.6 Å². The van der Waals surface area contributed by atoms with Crippen molar-refractivity contribution in [2.45, 2.75) is 25.5 Å². The second kappa shape index (κ2) is 5.56. The van der Waals surface area contributed by atoms with E-state index in [9.17, 15) is 0 Å². The first-order valence-electron chi connectivity index (χ1n) is 8.50. The summed E-state index contributed by atoms with van der Waals surface area (Å²) in [5.41, 5.74) is 7.85. The molecule has 1 aromatic carbocycles. The maximum absolute atomic E-state index is 6.16. The highest BCUT2D eigenvalue weighted by Crippen LogP contribution is 2.29. The lowest BCUT2D eigenvalue weighted by molar-refractivity contribution is -0.0395. The molecule has 1 aliphatic heterocycles. The number of fused-ring (bicyclic) bond motifs is 3. The molecule has 0 spiro atoms. The molecule has 1 aliphatic rings. The fourth-order valence-corrected chi connectivity index (χ4v) is 3.47. The van der Waals surface area contributed by atoms with E-state index in [-0.39, 0.29) is 6.23 Å². The van der Waals surface area contributed by atoms with Gasteiger partial charge in [0.1, 0.15) is 11.3 Å². The molecule has 0 radical (unpaired) electrons. The zero-order chi connectivity index (χ0) is 16.8. The molecule has 126 valence electrons. The maximum atomic E-state index is 6.16. The van der Waals surface area contributed by atoms with Gasteiger partial charge in [-0.25, -0.2) is 14.3 Å². The highest BCUT2D eigenvalue weighted by molar-refractivity contribution is 6.07. The van der Waals surface area contributed by atoms with Gasteiger partial charge in [-0.1, -0.05) is 18.2 Å². The number of para-hydroxylation sites is 1. The van der Waals surface area contributed by atoms with E-state index in [2.05, 4.69) is 10.1 Å². The van der Waals surface area contributed by atoms with Crippen LogP contribution in [0.1, 0.15) is 25.5 Å². The number of nitrogens with two attached hydrogens (primary N) is 1. The standard InChI is InChI=1S/C18H18N6O/c19-18-13-11-23(22-17(13)12-5-1-2-6-14(12)21-18)15-8-9-20-24(15)16-7-3-4-10-25-16/h1-2,5-6,8-9,11,16H,3-4,7,10H2,(H2,19,21). The van der Waals surface area contributed by atoms with Crippen LogP contribution in [-0.4, -0.2) is 31.2 Å². The number of rotatable bonds is 2. The second-order valence-corrected chi connectivity index (χ2v) is 6.31. The summed E-state index contributed by atoms with van der Waals surface area (Å²) in [6.45, 7) is 0.770. The van der Waals surface area contributed by atoms with Gasteiger partial charge in [-0.05, 0) is 25.3 Å². The normalized spacial score (nSPS) is 18.2. The Morgan fingerprint density at radius 3 is 2.92 bits per heavy atom. The molecule has 1 saturated heterocycles. The lowest BCUT2D eigenvalue weighted by atomic mass is 10.1. The van der Waals surface area contributed by atoms with Gasteiger partial charge in [-0.3, -0.25) is 0 Å². The van der Waals surface area contributed by atoms with E-state index < -0.39 is 0 Å². The van der Waals surface area contributed by atoms with Gasteiger partial charge < -0.3 is 10.5 Å². The first kappa shape index (κ1) is 14.4. The van der Waals surface area contributed by atoms with E-state index in [1.54, 1.807) is 6.20 Å². The van der Waals surface area contributed by atoms with Gasteiger partial charge >= 0.3 is 0 Å². The van der Waals surface area contributed by atoms with Crippen molar-refractivity contribution < 1.29 is 4.74 Å². The summed E-state index contributed by atoms with van der Waals surface area (Å²) in [5, 5.41) is 11.1. The zero-order valence-corrected chi connectivity index (χ0v) is 13.7. The molecule has 7 nitrogen and oxygen atoms in total. The molecule has 1 fully saturated rings. The Kier molecular flexibility index (Phi) is 3.21. The number of anilines is 1. The van der Waals surface area contributed by atoms with Crippen molar-refractivity contribution in [1.82, 2.24) is 24.5 Å². The van der Waals surface area contributed by atoms with E-state index in [1.807, 2.05) is 45.9 Å². The molecule has 3 aromatic heterocycles. The molecule has 0 aliphatic carbocycles. The Labute approximate surface area is 144 Å². The minimum absolute atomic E-state index is 0.0433. The molecular weight excluding hydrogens is 316 g/mol. The topological polar surface area (TPSA) is 83.8 Å². The van der Waals surface area contributed by atoms with Crippen LogP contribution in [0, 0.1) is 0 Å². The van der Waals surface area contributed by atoms with Gasteiger partial charge in [-0.15, -0.1) is 0 Å². The summed E-state index contributed by atoms with van der Waals surface area (Å²) < 4.78 is 9.59. The van der Waals surface area contributed by atoms with Crippen LogP contribution in [0.15, 0.2) is 42.7 Å². The average Bonchev–Trinajstić information content (AvgIpc) is 3.30. The summed E-state index contributed by atoms with van der Waals surface area (Å²) in [6, 6.07) is 9.84. The van der Waals surface area contributed by atoms with Crippen molar-refractivity contribution in [1.29, 1.82) is 0 Å². The number of hydrogen-bond donors (Lipinski definition) is 1. The summed E-state index contributed by atoms with van der Waals surface area (Å²) in [5.74, 6) is 1.35. The number of nitrogens with zero attached hydrogens (tertiary/aromatic N) is 5. The van der Waals surface area contributed by atoms with E-state index in [1.165, 1.54) is 0 Å². The SMILES string of the molecule is Nc1nc2ccccc2c2nn(-c3ccnn3C3CCCCO3)cc12. The maximum Gasteiger partial charge on any atom is 0.154 e. The van der Waals surface area contributed by atoms with E-state index in [0.717, 1.165) is 53.5 Å². The first-order valence-corrected chi connectivity index (χ1v) is 8.50. The number of hydrogen-bond acceptors (Lipinski definition) is 5.